The van der Waals surface area contributed by atoms with Crippen molar-refractivity contribution in [2.75, 3.05) is 13.1 Å². The van der Waals surface area contributed by atoms with Crippen LogP contribution in [0.15, 0.2) is 24.3 Å². The maximum atomic E-state index is 14.3. The number of rotatable bonds is 3. The van der Waals surface area contributed by atoms with Crippen molar-refractivity contribution in [3.63, 3.8) is 0 Å². The highest BCUT2D eigenvalue weighted by molar-refractivity contribution is 5.32. The topological polar surface area (TPSA) is 21.3 Å². The predicted molar refractivity (Wildman–Crippen MR) is 60.4 cm³/mol. The molecule has 1 N–H and O–H groups in total. The first-order valence-electron chi connectivity index (χ1n) is 5.93. The summed E-state index contributed by atoms with van der Waals surface area (Å²) in [5.74, 6) is 0.862. The quantitative estimate of drug-likeness (QED) is 0.846. The summed E-state index contributed by atoms with van der Waals surface area (Å²) in [6.45, 7) is 1.19. The van der Waals surface area contributed by atoms with E-state index in [1.807, 2.05) is 24.3 Å². The number of hydrogen-bond acceptors (Lipinski definition) is 2. The number of benzene rings is 1. The van der Waals surface area contributed by atoms with Crippen molar-refractivity contribution in [2.24, 2.45) is 0 Å². The van der Waals surface area contributed by atoms with Crippen LogP contribution in [0.1, 0.15) is 24.8 Å². The van der Waals surface area contributed by atoms with Gasteiger partial charge in [0.15, 0.2) is 0 Å². The summed E-state index contributed by atoms with van der Waals surface area (Å²) in [6, 6.07) is 7.47. The van der Waals surface area contributed by atoms with Crippen molar-refractivity contribution in [1.29, 1.82) is 0 Å². The normalized spacial score (nSPS) is 29.3. The van der Waals surface area contributed by atoms with Gasteiger partial charge in [0.1, 0.15) is 11.4 Å². The van der Waals surface area contributed by atoms with Crippen molar-refractivity contribution in [2.45, 2.75) is 31.0 Å². The standard InChI is InChI=1S/C13H16FNO/c14-13(7-8-15-9-13)10-1-3-11(4-2-10)16-12-5-6-12/h1-4,12,15H,5-9H2. The molecule has 1 saturated carbocycles. The van der Waals surface area contributed by atoms with E-state index in [4.69, 9.17) is 4.74 Å². The molecule has 0 amide bonds. The second-order valence-corrected chi connectivity index (χ2v) is 4.73. The Balaban J connectivity index is 1.75. The van der Waals surface area contributed by atoms with Crippen molar-refractivity contribution in [1.82, 2.24) is 5.32 Å². The highest BCUT2D eigenvalue weighted by atomic mass is 19.1. The minimum absolute atomic E-state index is 0.401. The van der Waals surface area contributed by atoms with E-state index < -0.39 is 5.67 Å². The monoisotopic (exact) mass is 221 g/mol. The van der Waals surface area contributed by atoms with E-state index in [2.05, 4.69) is 5.32 Å². The Morgan fingerprint density at radius 3 is 2.56 bits per heavy atom. The maximum absolute atomic E-state index is 14.3. The molecule has 1 unspecified atom stereocenters. The molecule has 86 valence electrons. The van der Waals surface area contributed by atoms with Gasteiger partial charge in [-0.2, -0.15) is 0 Å². The Labute approximate surface area is 94.8 Å². The summed E-state index contributed by atoms with van der Waals surface area (Å²) in [6.07, 6.45) is 3.27. The van der Waals surface area contributed by atoms with Gasteiger partial charge < -0.3 is 10.1 Å². The van der Waals surface area contributed by atoms with Crippen molar-refractivity contribution in [3.05, 3.63) is 29.8 Å². The van der Waals surface area contributed by atoms with Crippen LogP contribution in [0.5, 0.6) is 5.75 Å². The lowest BCUT2D eigenvalue weighted by atomic mass is 9.95. The minimum atomic E-state index is -1.18. The van der Waals surface area contributed by atoms with Gasteiger partial charge in [-0.15, -0.1) is 0 Å². The largest absolute Gasteiger partial charge is 0.490 e. The van der Waals surface area contributed by atoms with Gasteiger partial charge in [-0.05, 0) is 43.5 Å². The van der Waals surface area contributed by atoms with Crippen LogP contribution < -0.4 is 10.1 Å². The Bertz CT molecular complexity index is 366. The van der Waals surface area contributed by atoms with Crippen LogP contribution in [0.2, 0.25) is 0 Å². The second kappa shape index (κ2) is 3.74. The Morgan fingerprint density at radius 2 is 2.00 bits per heavy atom. The molecular formula is C13H16FNO. The first-order chi connectivity index (χ1) is 7.76. The fourth-order valence-corrected chi connectivity index (χ4v) is 2.12. The average molecular weight is 221 g/mol. The molecular weight excluding hydrogens is 205 g/mol. The summed E-state index contributed by atoms with van der Waals surface area (Å²) < 4.78 is 20.0. The third kappa shape index (κ3) is 1.92. The molecule has 1 atom stereocenters. The van der Waals surface area contributed by atoms with Crippen molar-refractivity contribution >= 4 is 0 Å². The summed E-state index contributed by atoms with van der Waals surface area (Å²) >= 11 is 0. The smallest absolute Gasteiger partial charge is 0.149 e. The van der Waals surface area contributed by atoms with E-state index in [0.29, 0.717) is 19.1 Å². The Morgan fingerprint density at radius 1 is 1.25 bits per heavy atom. The highest BCUT2D eigenvalue weighted by Gasteiger charge is 2.35. The molecule has 1 aromatic carbocycles. The van der Waals surface area contributed by atoms with Gasteiger partial charge in [0, 0.05) is 6.54 Å². The van der Waals surface area contributed by atoms with Gasteiger partial charge in [0.05, 0.1) is 6.10 Å². The van der Waals surface area contributed by atoms with Gasteiger partial charge in [0.25, 0.3) is 0 Å². The molecule has 2 aliphatic rings. The lowest BCUT2D eigenvalue weighted by Crippen LogP contribution is -2.23. The molecule has 1 aliphatic heterocycles. The zero-order chi connectivity index (χ0) is 11.0. The molecule has 2 nitrogen and oxygen atoms in total. The van der Waals surface area contributed by atoms with Crippen LogP contribution >= 0.6 is 0 Å². The number of hydrogen-bond donors (Lipinski definition) is 1. The molecule has 1 aliphatic carbocycles. The molecule has 1 heterocycles. The second-order valence-electron chi connectivity index (χ2n) is 4.73. The summed E-state index contributed by atoms with van der Waals surface area (Å²) in [7, 11) is 0. The molecule has 0 aromatic heterocycles. The van der Waals surface area contributed by atoms with Crippen molar-refractivity contribution in [3.8, 4) is 5.75 Å². The van der Waals surface area contributed by atoms with E-state index in [0.717, 1.165) is 30.7 Å². The lowest BCUT2D eigenvalue weighted by Gasteiger charge is -2.18. The summed E-state index contributed by atoms with van der Waals surface area (Å²) in [5.41, 5.74) is -0.418. The molecule has 2 fully saturated rings. The van der Waals surface area contributed by atoms with E-state index in [1.54, 1.807) is 0 Å². The van der Waals surface area contributed by atoms with Gasteiger partial charge in [-0.25, -0.2) is 4.39 Å². The highest BCUT2D eigenvalue weighted by Crippen LogP contribution is 2.34. The molecule has 16 heavy (non-hydrogen) atoms. The molecule has 3 rings (SSSR count). The van der Waals surface area contributed by atoms with Crippen LogP contribution in [0.4, 0.5) is 4.39 Å². The van der Waals surface area contributed by atoms with Gasteiger partial charge in [-0.1, -0.05) is 12.1 Å². The molecule has 1 aromatic rings. The number of halogens is 1. The SMILES string of the molecule is FC1(c2ccc(OC3CC3)cc2)CCNC1. The first-order valence-corrected chi connectivity index (χ1v) is 5.93. The third-order valence-corrected chi connectivity index (χ3v) is 3.30. The Hall–Kier alpha value is -1.09. The van der Waals surface area contributed by atoms with E-state index in [-0.39, 0.29) is 0 Å². The van der Waals surface area contributed by atoms with E-state index >= 15 is 0 Å². The van der Waals surface area contributed by atoms with Crippen molar-refractivity contribution < 1.29 is 9.13 Å². The van der Waals surface area contributed by atoms with Crippen LogP contribution in [-0.2, 0) is 5.67 Å². The number of nitrogens with one attached hydrogen (secondary N) is 1. The van der Waals surface area contributed by atoms with Crippen LogP contribution in [0.25, 0.3) is 0 Å². The molecule has 0 spiro atoms. The molecule has 1 saturated heterocycles. The predicted octanol–water partition coefficient (Wildman–Crippen LogP) is 2.39. The van der Waals surface area contributed by atoms with E-state index in [9.17, 15) is 4.39 Å². The zero-order valence-electron chi connectivity index (χ0n) is 9.21. The fourth-order valence-electron chi connectivity index (χ4n) is 2.12. The maximum Gasteiger partial charge on any atom is 0.149 e. The minimum Gasteiger partial charge on any atom is -0.490 e. The summed E-state index contributed by atoms with van der Waals surface area (Å²) in [4.78, 5) is 0. The first kappa shape index (κ1) is 10.1. The number of ether oxygens (including phenoxy) is 1. The lowest BCUT2D eigenvalue weighted by molar-refractivity contribution is 0.193. The summed E-state index contributed by atoms with van der Waals surface area (Å²) in [5, 5.41) is 3.06. The average Bonchev–Trinajstić information content (AvgIpc) is 3.00. The fraction of sp³-hybridized carbons (Fsp3) is 0.538. The van der Waals surface area contributed by atoms with Gasteiger partial charge in [0.2, 0.25) is 0 Å². The van der Waals surface area contributed by atoms with Crippen LogP contribution in [0.3, 0.4) is 0 Å². The molecule has 0 radical (unpaired) electrons. The molecule has 0 bridgehead atoms. The van der Waals surface area contributed by atoms with E-state index in [1.165, 1.54) is 0 Å². The molecule has 3 heteroatoms. The van der Waals surface area contributed by atoms with Gasteiger partial charge in [-0.3, -0.25) is 0 Å². The van der Waals surface area contributed by atoms with Crippen LogP contribution in [-0.4, -0.2) is 19.2 Å². The Kier molecular flexibility index (Phi) is 2.36. The van der Waals surface area contributed by atoms with Crippen LogP contribution in [0, 0.1) is 0 Å². The zero-order valence-corrected chi connectivity index (χ0v) is 9.21. The number of alkyl halides is 1. The van der Waals surface area contributed by atoms with Gasteiger partial charge >= 0.3 is 0 Å². The third-order valence-electron chi connectivity index (χ3n) is 3.30.